The summed E-state index contributed by atoms with van der Waals surface area (Å²) < 4.78 is 5.48. The molecule has 1 heterocycles. The third kappa shape index (κ3) is 9.82. The second kappa shape index (κ2) is 11.9. The summed E-state index contributed by atoms with van der Waals surface area (Å²) in [6.45, 7) is 14.0. The molecule has 0 aliphatic carbocycles. The molecule has 1 rings (SSSR count). The molecule has 0 aromatic carbocycles. The van der Waals surface area contributed by atoms with Crippen LogP contribution in [0, 0.1) is 0 Å². The summed E-state index contributed by atoms with van der Waals surface area (Å²) in [7, 11) is 0. The second-order valence-corrected chi connectivity index (χ2v) is 8.04. The highest BCUT2D eigenvalue weighted by atomic mass is 127. The first kappa shape index (κ1) is 26.2. The zero-order valence-corrected chi connectivity index (χ0v) is 20.1. The molecule has 0 saturated carbocycles. The van der Waals surface area contributed by atoms with Crippen LogP contribution < -0.4 is 10.6 Å². The van der Waals surface area contributed by atoms with E-state index in [1.807, 2.05) is 41.5 Å². The van der Waals surface area contributed by atoms with Crippen LogP contribution in [0.3, 0.4) is 0 Å². The minimum absolute atomic E-state index is 0. The molecular formula is C19H39IN4O3. The van der Waals surface area contributed by atoms with Crippen molar-refractivity contribution in [2.45, 2.75) is 84.5 Å². The summed E-state index contributed by atoms with van der Waals surface area (Å²) in [5, 5.41) is 17.1. The van der Waals surface area contributed by atoms with E-state index in [9.17, 15) is 9.90 Å². The van der Waals surface area contributed by atoms with E-state index in [4.69, 9.17) is 4.74 Å². The molecule has 1 fully saturated rings. The van der Waals surface area contributed by atoms with Crippen LogP contribution in [0.2, 0.25) is 0 Å². The summed E-state index contributed by atoms with van der Waals surface area (Å²) in [6, 6.07) is 0.116. The summed E-state index contributed by atoms with van der Waals surface area (Å²) in [4.78, 5) is 18.6. The predicted octanol–water partition coefficient (Wildman–Crippen LogP) is 3.11. The first-order chi connectivity index (χ1) is 12.1. The first-order valence-electron chi connectivity index (χ1n) is 9.87. The molecule has 1 unspecified atom stereocenters. The molecule has 1 atom stereocenters. The fourth-order valence-corrected chi connectivity index (χ4v) is 2.80. The van der Waals surface area contributed by atoms with Gasteiger partial charge in [-0.3, -0.25) is 4.99 Å². The van der Waals surface area contributed by atoms with Crippen molar-refractivity contribution in [1.82, 2.24) is 15.5 Å². The molecule has 0 aromatic rings. The number of aliphatic hydroxyl groups is 1. The molecule has 1 saturated heterocycles. The van der Waals surface area contributed by atoms with Crippen LogP contribution in [-0.2, 0) is 4.74 Å². The summed E-state index contributed by atoms with van der Waals surface area (Å²) in [5.74, 6) is 0.684. The van der Waals surface area contributed by atoms with Crippen LogP contribution >= 0.6 is 24.0 Å². The van der Waals surface area contributed by atoms with Gasteiger partial charge < -0.3 is 25.4 Å². The molecule has 0 aromatic heterocycles. The molecule has 1 amide bonds. The Kier molecular flexibility index (Phi) is 11.6. The van der Waals surface area contributed by atoms with Crippen molar-refractivity contribution in [3.8, 4) is 0 Å². The van der Waals surface area contributed by atoms with Crippen LogP contribution in [0.1, 0.15) is 67.2 Å². The number of ether oxygens (including phenoxy) is 1. The lowest BCUT2D eigenvalue weighted by Gasteiger charge is -2.35. The van der Waals surface area contributed by atoms with E-state index in [1.54, 1.807) is 4.90 Å². The summed E-state index contributed by atoms with van der Waals surface area (Å²) in [5.41, 5.74) is -1.25. The number of halogens is 1. The van der Waals surface area contributed by atoms with E-state index in [0.29, 0.717) is 38.4 Å². The molecule has 8 heteroatoms. The quantitative estimate of drug-likeness (QED) is 0.298. The van der Waals surface area contributed by atoms with Crippen molar-refractivity contribution in [2.24, 2.45) is 4.99 Å². The molecule has 1 aliphatic rings. The number of carbonyl (C=O) groups excluding carboxylic acids is 1. The Morgan fingerprint density at radius 1 is 1.26 bits per heavy atom. The molecule has 27 heavy (non-hydrogen) atoms. The monoisotopic (exact) mass is 498 g/mol. The molecular weight excluding hydrogens is 459 g/mol. The van der Waals surface area contributed by atoms with Gasteiger partial charge in [0.2, 0.25) is 0 Å². The fourth-order valence-electron chi connectivity index (χ4n) is 2.80. The topological polar surface area (TPSA) is 86.2 Å². The van der Waals surface area contributed by atoms with Gasteiger partial charge >= 0.3 is 6.09 Å². The third-order valence-corrected chi connectivity index (χ3v) is 4.61. The Labute approximate surface area is 181 Å². The largest absolute Gasteiger partial charge is 0.444 e. The number of guanidine groups is 1. The maximum atomic E-state index is 12.3. The predicted molar refractivity (Wildman–Crippen MR) is 121 cm³/mol. The molecule has 0 spiro atoms. The number of nitrogens with one attached hydrogen (secondary N) is 2. The lowest BCUT2D eigenvalue weighted by molar-refractivity contribution is 0.0193. The van der Waals surface area contributed by atoms with E-state index < -0.39 is 11.2 Å². The van der Waals surface area contributed by atoms with Crippen molar-refractivity contribution < 1.29 is 14.6 Å². The van der Waals surface area contributed by atoms with Gasteiger partial charge in [-0.15, -0.1) is 24.0 Å². The summed E-state index contributed by atoms with van der Waals surface area (Å²) >= 11 is 0. The summed E-state index contributed by atoms with van der Waals surface area (Å²) in [6.07, 6.45) is 2.96. The lowest BCUT2D eigenvalue weighted by Crippen LogP contribution is -2.53. The minimum Gasteiger partial charge on any atom is -0.444 e. The number of hydrogen-bond acceptors (Lipinski definition) is 4. The molecule has 0 radical (unpaired) electrons. The number of aliphatic imine (C=N–C) groups is 1. The van der Waals surface area contributed by atoms with E-state index in [0.717, 1.165) is 19.4 Å². The normalized spacial score (nSPS) is 18.6. The van der Waals surface area contributed by atoms with Gasteiger partial charge in [0.25, 0.3) is 0 Å². The van der Waals surface area contributed by atoms with Gasteiger partial charge in [0.1, 0.15) is 5.60 Å². The number of amides is 1. The average molecular weight is 498 g/mol. The van der Waals surface area contributed by atoms with Crippen molar-refractivity contribution >= 4 is 36.0 Å². The number of rotatable bonds is 6. The fraction of sp³-hybridized carbons (Fsp3) is 0.895. The number of carbonyl (C=O) groups is 1. The second-order valence-electron chi connectivity index (χ2n) is 8.04. The Morgan fingerprint density at radius 2 is 1.89 bits per heavy atom. The highest BCUT2D eigenvalue weighted by molar-refractivity contribution is 14.0. The maximum Gasteiger partial charge on any atom is 0.410 e. The highest BCUT2D eigenvalue weighted by Gasteiger charge is 2.28. The average Bonchev–Trinajstić information content (AvgIpc) is 2.58. The number of likely N-dealkylation sites (tertiary alicyclic amines) is 1. The van der Waals surface area contributed by atoms with Gasteiger partial charge in [-0.25, -0.2) is 4.79 Å². The van der Waals surface area contributed by atoms with Crippen LogP contribution in [0.15, 0.2) is 4.99 Å². The minimum atomic E-state index is -0.766. The molecule has 1 aliphatic heterocycles. The zero-order chi connectivity index (χ0) is 19.8. The number of piperidine rings is 1. The van der Waals surface area contributed by atoms with Gasteiger partial charge in [-0.1, -0.05) is 13.8 Å². The maximum absolute atomic E-state index is 12.3. The third-order valence-electron chi connectivity index (χ3n) is 4.61. The van der Waals surface area contributed by atoms with E-state index in [1.165, 1.54) is 0 Å². The van der Waals surface area contributed by atoms with Crippen LogP contribution in [0.5, 0.6) is 0 Å². The molecule has 0 bridgehead atoms. The SMILES string of the molecule is CCNC(=NCC(O)(CC)CC)NC1CCCN(C(=O)OC(C)(C)C)C1.I. The van der Waals surface area contributed by atoms with Crippen LogP contribution in [0.25, 0.3) is 0 Å². The number of hydrogen-bond donors (Lipinski definition) is 3. The van der Waals surface area contributed by atoms with Crippen LogP contribution in [0.4, 0.5) is 4.79 Å². The van der Waals surface area contributed by atoms with Crippen molar-refractivity contribution in [2.75, 3.05) is 26.2 Å². The lowest BCUT2D eigenvalue weighted by atomic mass is 9.98. The molecule has 160 valence electrons. The standard InChI is InChI=1S/C19H38N4O3.HI/c1-7-19(25,8-2)14-21-16(20-9-3)22-15-11-10-12-23(13-15)17(24)26-18(4,5)6;/h15,25H,7-14H2,1-6H3,(H2,20,21,22);1H. The molecule has 3 N–H and O–H groups in total. The Balaban J connectivity index is 0.00000676. The van der Waals surface area contributed by atoms with Crippen molar-refractivity contribution in [3.63, 3.8) is 0 Å². The zero-order valence-electron chi connectivity index (χ0n) is 17.8. The van der Waals surface area contributed by atoms with Gasteiger partial charge in [-0.2, -0.15) is 0 Å². The van der Waals surface area contributed by atoms with Crippen LogP contribution in [-0.4, -0.2) is 65.5 Å². The highest BCUT2D eigenvalue weighted by Crippen LogP contribution is 2.16. The van der Waals surface area contributed by atoms with E-state index >= 15 is 0 Å². The number of nitrogens with zero attached hydrogens (tertiary/aromatic N) is 2. The van der Waals surface area contributed by atoms with E-state index in [2.05, 4.69) is 15.6 Å². The van der Waals surface area contributed by atoms with Crippen molar-refractivity contribution in [3.05, 3.63) is 0 Å². The smallest absolute Gasteiger partial charge is 0.410 e. The Bertz CT molecular complexity index is 476. The Morgan fingerprint density at radius 3 is 2.41 bits per heavy atom. The van der Waals surface area contributed by atoms with Gasteiger partial charge in [-0.05, 0) is 53.4 Å². The van der Waals surface area contributed by atoms with Gasteiger partial charge in [0, 0.05) is 25.7 Å². The van der Waals surface area contributed by atoms with Crippen molar-refractivity contribution in [1.29, 1.82) is 0 Å². The van der Waals surface area contributed by atoms with E-state index in [-0.39, 0.29) is 36.1 Å². The molecule has 7 nitrogen and oxygen atoms in total. The van der Waals surface area contributed by atoms with Gasteiger partial charge in [0.15, 0.2) is 5.96 Å². The first-order valence-corrected chi connectivity index (χ1v) is 9.87. The van der Waals surface area contributed by atoms with Gasteiger partial charge in [0.05, 0.1) is 12.1 Å². The Hall–Kier alpha value is -0.770.